The maximum absolute atomic E-state index is 13.0. The lowest BCUT2D eigenvalue weighted by Crippen LogP contribution is -2.50. The molecule has 9 heteroatoms. The summed E-state index contributed by atoms with van der Waals surface area (Å²) in [7, 11) is 1.62. The lowest BCUT2D eigenvalue weighted by molar-refractivity contribution is -0.154. The maximum Gasteiger partial charge on any atom is 0.327 e. The van der Waals surface area contributed by atoms with Crippen LogP contribution in [0.15, 0.2) is 24.3 Å². The molecule has 2 aliphatic heterocycles. The average molecular weight is 471 g/mol. The third-order valence-electron chi connectivity index (χ3n) is 7.34. The first-order valence-electron chi connectivity index (χ1n) is 12.1. The Morgan fingerprint density at radius 3 is 2.41 bits per heavy atom. The van der Waals surface area contributed by atoms with E-state index >= 15 is 0 Å². The van der Waals surface area contributed by atoms with Crippen molar-refractivity contribution in [2.24, 2.45) is 0 Å². The number of ether oxygens (including phenoxy) is 1. The van der Waals surface area contributed by atoms with Crippen LogP contribution >= 0.6 is 0 Å². The van der Waals surface area contributed by atoms with Gasteiger partial charge in [-0.25, -0.2) is 4.79 Å². The van der Waals surface area contributed by atoms with Crippen LogP contribution in [0.3, 0.4) is 0 Å². The number of hydrogen-bond donors (Lipinski definition) is 0. The van der Waals surface area contributed by atoms with E-state index in [0.717, 1.165) is 43.8 Å². The van der Waals surface area contributed by atoms with Crippen LogP contribution in [-0.4, -0.2) is 95.3 Å². The predicted molar refractivity (Wildman–Crippen MR) is 125 cm³/mol. The van der Waals surface area contributed by atoms with Gasteiger partial charge < -0.3 is 14.5 Å². The van der Waals surface area contributed by atoms with Crippen molar-refractivity contribution < 1.29 is 23.9 Å². The number of amides is 4. The lowest BCUT2D eigenvalue weighted by Gasteiger charge is -2.35. The van der Waals surface area contributed by atoms with Crippen molar-refractivity contribution in [1.29, 1.82) is 0 Å². The number of imide groups is 1. The Morgan fingerprint density at radius 2 is 1.74 bits per heavy atom. The summed E-state index contributed by atoms with van der Waals surface area (Å²) in [4.78, 5) is 57.0. The summed E-state index contributed by atoms with van der Waals surface area (Å²) < 4.78 is 5.15. The fourth-order valence-electron chi connectivity index (χ4n) is 5.30. The van der Waals surface area contributed by atoms with Crippen LogP contribution in [0.5, 0.6) is 0 Å². The molecule has 3 aliphatic rings. The SMILES string of the molecule is Cc1cccc(CN2CCN(C(=O)COC(=O)CN3C(=O)N(C)C4(CCCCC4)C3=O)CC2)c1. The topological polar surface area (TPSA) is 90.5 Å². The number of piperazine rings is 1. The van der Waals surface area contributed by atoms with Crippen molar-refractivity contribution in [2.45, 2.75) is 51.1 Å². The summed E-state index contributed by atoms with van der Waals surface area (Å²) >= 11 is 0. The van der Waals surface area contributed by atoms with Gasteiger partial charge in [0.25, 0.3) is 11.8 Å². The van der Waals surface area contributed by atoms with Gasteiger partial charge in [0.2, 0.25) is 0 Å². The standard InChI is InChI=1S/C25H34N4O5/c1-19-7-6-8-20(15-19)16-27-11-13-28(14-12-27)21(30)18-34-22(31)17-29-23(32)25(26(2)24(29)33)9-4-3-5-10-25/h6-8,15H,3-5,9-14,16-18H2,1-2H3. The second kappa shape index (κ2) is 10.1. The molecule has 1 aromatic carbocycles. The summed E-state index contributed by atoms with van der Waals surface area (Å²) in [5.41, 5.74) is 1.65. The van der Waals surface area contributed by atoms with Crippen molar-refractivity contribution in [1.82, 2.24) is 19.6 Å². The smallest absolute Gasteiger partial charge is 0.327 e. The molecule has 0 aromatic heterocycles. The van der Waals surface area contributed by atoms with E-state index in [0.29, 0.717) is 25.9 Å². The van der Waals surface area contributed by atoms with E-state index in [1.807, 2.05) is 0 Å². The summed E-state index contributed by atoms with van der Waals surface area (Å²) in [6.07, 6.45) is 4.05. The maximum atomic E-state index is 13.0. The van der Waals surface area contributed by atoms with Gasteiger partial charge in [-0.2, -0.15) is 0 Å². The van der Waals surface area contributed by atoms with Gasteiger partial charge in [-0.05, 0) is 25.3 Å². The second-order valence-electron chi connectivity index (χ2n) is 9.63. The molecule has 0 N–H and O–H groups in total. The van der Waals surface area contributed by atoms with Crippen LogP contribution < -0.4 is 0 Å². The number of aryl methyl sites for hydroxylation is 1. The third kappa shape index (κ3) is 4.94. The number of carbonyl (C=O) groups excluding carboxylic acids is 4. The highest BCUT2D eigenvalue weighted by molar-refractivity contribution is 6.08. The molecule has 1 aromatic rings. The van der Waals surface area contributed by atoms with Crippen LogP contribution in [0.25, 0.3) is 0 Å². The first-order valence-corrected chi connectivity index (χ1v) is 12.1. The van der Waals surface area contributed by atoms with Gasteiger partial charge in [-0.15, -0.1) is 0 Å². The van der Waals surface area contributed by atoms with Crippen molar-refractivity contribution in [3.05, 3.63) is 35.4 Å². The van der Waals surface area contributed by atoms with Crippen LogP contribution in [0.1, 0.15) is 43.2 Å². The third-order valence-corrected chi connectivity index (χ3v) is 7.34. The van der Waals surface area contributed by atoms with Crippen LogP contribution in [-0.2, 0) is 25.7 Å². The molecule has 34 heavy (non-hydrogen) atoms. The Morgan fingerprint density at radius 1 is 1.03 bits per heavy atom. The largest absolute Gasteiger partial charge is 0.454 e. The first kappa shape index (κ1) is 24.2. The van der Waals surface area contributed by atoms with Gasteiger partial charge in [0.15, 0.2) is 6.61 Å². The van der Waals surface area contributed by atoms with Gasteiger partial charge in [0.05, 0.1) is 0 Å². The van der Waals surface area contributed by atoms with E-state index in [1.165, 1.54) is 16.0 Å². The van der Waals surface area contributed by atoms with Crippen molar-refractivity contribution in [2.75, 3.05) is 46.4 Å². The Bertz CT molecular complexity index is 950. The molecule has 1 saturated carbocycles. The lowest BCUT2D eigenvalue weighted by atomic mass is 9.81. The van der Waals surface area contributed by atoms with Crippen LogP contribution in [0.2, 0.25) is 0 Å². The molecule has 9 nitrogen and oxygen atoms in total. The highest BCUT2D eigenvalue weighted by Crippen LogP contribution is 2.39. The van der Waals surface area contributed by atoms with Crippen molar-refractivity contribution >= 4 is 23.8 Å². The molecule has 1 spiro atoms. The Hall–Kier alpha value is -2.94. The van der Waals surface area contributed by atoms with Gasteiger partial charge >= 0.3 is 12.0 Å². The zero-order chi connectivity index (χ0) is 24.3. The van der Waals surface area contributed by atoms with E-state index in [2.05, 4.69) is 36.1 Å². The second-order valence-corrected chi connectivity index (χ2v) is 9.63. The molecule has 2 saturated heterocycles. The number of urea groups is 1. The van der Waals surface area contributed by atoms with Crippen LogP contribution in [0, 0.1) is 6.92 Å². The zero-order valence-corrected chi connectivity index (χ0v) is 20.1. The van der Waals surface area contributed by atoms with Gasteiger partial charge in [0.1, 0.15) is 12.1 Å². The fourth-order valence-corrected chi connectivity index (χ4v) is 5.30. The molecule has 0 atom stereocenters. The highest BCUT2D eigenvalue weighted by Gasteiger charge is 2.56. The fraction of sp³-hybridized carbons (Fsp3) is 0.600. The van der Waals surface area contributed by atoms with E-state index < -0.39 is 24.1 Å². The number of nitrogens with zero attached hydrogens (tertiary/aromatic N) is 4. The normalized spacial score (nSPS) is 20.8. The zero-order valence-electron chi connectivity index (χ0n) is 20.1. The predicted octanol–water partition coefficient (Wildman–Crippen LogP) is 1.78. The number of rotatable bonds is 6. The molecular weight excluding hydrogens is 436 g/mol. The van der Waals surface area contributed by atoms with Gasteiger partial charge in [0, 0.05) is 39.8 Å². The van der Waals surface area contributed by atoms with Crippen molar-refractivity contribution in [3.8, 4) is 0 Å². The van der Waals surface area contributed by atoms with Crippen molar-refractivity contribution in [3.63, 3.8) is 0 Å². The first-order chi connectivity index (χ1) is 16.3. The molecule has 3 fully saturated rings. The number of hydrogen-bond acceptors (Lipinski definition) is 6. The molecule has 0 unspecified atom stereocenters. The molecule has 2 heterocycles. The molecule has 1 aliphatic carbocycles. The van der Waals surface area contributed by atoms with E-state index in [-0.39, 0.29) is 18.4 Å². The summed E-state index contributed by atoms with van der Waals surface area (Å²) in [5.74, 6) is -1.33. The molecule has 0 bridgehead atoms. The molecule has 0 radical (unpaired) electrons. The Labute approximate surface area is 200 Å². The minimum absolute atomic E-state index is 0.261. The molecule has 184 valence electrons. The van der Waals surface area contributed by atoms with Gasteiger partial charge in [-0.3, -0.25) is 24.2 Å². The van der Waals surface area contributed by atoms with E-state index in [9.17, 15) is 19.2 Å². The summed E-state index contributed by atoms with van der Waals surface area (Å²) in [6, 6.07) is 7.92. The number of esters is 1. The monoisotopic (exact) mass is 470 g/mol. The minimum atomic E-state index is -0.830. The minimum Gasteiger partial charge on any atom is -0.454 e. The number of likely N-dealkylation sites (N-methyl/N-ethyl adjacent to an activating group) is 1. The Balaban J connectivity index is 1.22. The number of carbonyl (C=O) groups is 4. The number of benzene rings is 1. The summed E-state index contributed by atoms with van der Waals surface area (Å²) in [6.45, 7) is 4.71. The molecular formula is C25H34N4O5. The molecule has 4 amide bonds. The quantitative estimate of drug-likeness (QED) is 0.465. The average Bonchev–Trinajstić information content (AvgIpc) is 3.00. The molecule has 4 rings (SSSR count). The highest BCUT2D eigenvalue weighted by atomic mass is 16.5. The van der Waals surface area contributed by atoms with Gasteiger partial charge in [-0.1, -0.05) is 49.1 Å². The van der Waals surface area contributed by atoms with Crippen LogP contribution in [0.4, 0.5) is 4.79 Å². The van der Waals surface area contributed by atoms with E-state index in [4.69, 9.17) is 4.74 Å². The van der Waals surface area contributed by atoms with E-state index in [1.54, 1.807) is 11.9 Å². The Kier molecular flexibility index (Phi) is 7.21. The summed E-state index contributed by atoms with van der Waals surface area (Å²) in [5, 5.41) is 0.